The van der Waals surface area contributed by atoms with E-state index in [1.807, 2.05) is 0 Å². The Morgan fingerprint density at radius 1 is 1.62 bits per heavy atom. The van der Waals surface area contributed by atoms with Gasteiger partial charge in [0.2, 0.25) is 0 Å². The summed E-state index contributed by atoms with van der Waals surface area (Å²) in [6, 6.07) is 0. The molecule has 2 N–H and O–H groups in total. The first-order chi connectivity index (χ1) is 3.50. The lowest BCUT2D eigenvalue weighted by Gasteiger charge is -2.01. The second-order valence-corrected chi connectivity index (χ2v) is 3.43. The summed E-state index contributed by atoms with van der Waals surface area (Å²) in [6.45, 7) is 1.35. The summed E-state index contributed by atoms with van der Waals surface area (Å²) < 4.78 is 24.8. The van der Waals surface area contributed by atoms with Crippen LogP contribution in [0.1, 0.15) is 6.92 Å². The van der Waals surface area contributed by atoms with Crippen molar-refractivity contribution in [3.05, 3.63) is 0 Å². The number of rotatable bonds is 2. The van der Waals surface area contributed by atoms with Crippen molar-refractivity contribution < 1.29 is 12.6 Å². The summed E-state index contributed by atoms with van der Waals surface area (Å²) in [5, 5.41) is -0.938. The highest BCUT2D eigenvalue weighted by Crippen LogP contribution is 1.92. The zero-order valence-corrected chi connectivity index (χ0v) is 5.60. The van der Waals surface area contributed by atoms with Crippen LogP contribution in [0.15, 0.2) is 0 Å². The Hall–Kier alpha value is -0.130. The lowest BCUT2D eigenvalue weighted by molar-refractivity contribution is 0.390. The fourth-order valence-electron chi connectivity index (χ4n) is 0.152. The summed E-state index contributed by atoms with van der Waals surface area (Å²) in [6.07, 6.45) is 0. The van der Waals surface area contributed by atoms with Crippen molar-refractivity contribution in [1.29, 1.82) is 0 Å². The minimum Gasteiger partial charge on any atom is -0.313 e. The molecule has 0 radical (unpaired) electrons. The molecule has 0 aromatic heterocycles. The molecule has 0 fully saturated rings. The van der Waals surface area contributed by atoms with E-state index in [1.165, 1.54) is 6.92 Å². The van der Waals surface area contributed by atoms with E-state index < -0.39 is 15.5 Å². The van der Waals surface area contributed by atoms with E-state index in [2.05, 4.69) is 4.18 Å². The van der Waals surface area contributed by atoms with Crippen LogP contribution in [-0.2, 0) is 14.3 Å². The first-order valence-corrected chi connectivity index (χ1v) is 3.53. The van der Waals surface area contributed by atoms with E-state index >= 15 is 0 Å². The Bertz CT molecular complexity index is 148. The number of hydrogen-bond acceptors (Lipinski definition) is 4. The van der Waals surface area contributed by atoms with Crippen molar-refractivity contribution >= 4 is 10.1 Å². The van der Waals surface area contributed by atoms with Crippen molar-refractivity contribution in [2.24, 2.45) is 5.73 Å². The zero-order valence-electron chi connectivity index (χ0n) is 4.79. The molecule has 0 saturated carbocycles. The van der Waals surface area contributed by atoms with Crippen LogP contribution in [0.2, 0.25) is 0 Å². The molecule has 4 nitrogen and oxygen atoms in total. The highest BCUT2D eigenvalue weighted by atomic mass is 32.2. The maximum absolute atomic E-state index is 10.4. The minimum absolute atomic E-state index is 0.938. The van der Waals surface area contributed by atoms with Gasteiger partial charge < -0.3 is 5.73 Å². The third kappa shape index (κ3) is 1.77. The van der Waals surface area contributed by atoms with Crippen LogP contribution in [0.3, 0.4) is 0 Å². The Balaban J connectivity index is 4.17. The quantitative estimate of drug-likeness (QED) is 0.512. The van der Waals surface area contributed by atoms with Gasteiger partial charge in [-0.25, -0.2) is 0 Å². The number of nitrogens with two attached hydrogens (primary N) is 1. The van der Waals surface area contributed by atoms with Gasteiger partial charge in [0.1, 0.15) is 5.37 Å². The molecule has 0 rings (SSSR count). The predicted molar refractivity (Wildman–Crippen MR) is 29.6 cm³/mol. The van der Waals surface area contributed by atoms with Gasteiger partial charge in [0, 0.05) is 0 Å². The highest BCUT2D eigenvalue weighted by Gasteiger charge is 2.13. The van der Waals surface area contributed by atoms with Crippen molar-refractivity contribution in [3.8, 4) is 0 Å². The summed E-state index contributed by atoms with van der Waals surface area (Å²) in [5.41, 5.74) is 4.97. The molecule has 0 heterocycles. The van der Waals surface area contributed by atoms with E-state index in [0.717, 1.165) is 7.11 Å². The second kappa shape index (κ2) is 2.43. The SMILES string of the molecule is COS(=O)(=O)C(C)N. The van der Waals surface area contributed by atoms with Crippen LogP contribution in [0.4, 0.5) is 0 Å². The normalized spacial score (nSPS) is 15.9. The zero-order chi connectivity index (χ0) is 6.78. The monoisotopic (exact) mass is 139 g/mol. The smallest absolute Gasteiger partial charge is 0.282 e. The van der Waals surface area contributed by atoms with Crippen LogP contribution < -0.4 is 5.73 Å². The lowest BCUT2D eigenvalue weighted by Crippen LogP contribution is -2.27. The van der Waals surface area contributed by atoms with Crippen molar-refractivity contribution in [1.82, 2.24) is 0 Å². The summed E-state index contributed by atoms with van der Waals surface area (Å²) in [7, 11) is -2.38. The maximum atomic E-state index is 10.4. The Labute approximate surface area is 48.8 Å². The van der Waals surface area contributed by atoms with Crippen molar-refractivity contribution in [2.45, 2.75) is 12.3 Å². The summed E-state index contributed by atoms with van der Waals surface area (Å²) in [5.74, 6) is 0. The van der Waals surface area contributed by atoms with E-state index in [-0.39, 0.29) is 0 Å². The average Bonchev–Trinajstić information content (AvgIpc) is 1.67. The molecule has 0 amide bonds. The molecule has 0 saturated heterocycles. The van der Waals surface area contributed by atoms with E-state index in [1.54, 1.807) is 0 Å². The molecule has 0 aromatic rings. The Morgan fingerprint density at radius 3 is 2.00 bits per heavy atom. The molecular formula is C3H9NO3S. The van der Waals surface area contributed by atoms with Gasteiger partial charge in [-0.2, -0.15) is 8.42 Å². The van der Waals surface area contributed by atoms with Gasteiger partial charge in [0.15, 0.2) is 0 Å². The topological polar surface area (TPSA) is 69.4 Å². The van der Waals surface area contributed by atoms with Gasteiger partial charge >= 0.3 is 0 Å². The Morgan fingerprint density at radius 2 is 2.00 bits per heavy atom. The summed E-state index contributed by atoms with van der Waals surface area (Å²) >= 11 is 0. The van der Waals surface area contributed by atoms with E-state index in [0.29, 0.717) is 0 Å². The molecule has 8 heavy (non-hydrogen) atoms. The van der Waals surface area contributed by atoms with Crippen molar-refractivity contribution in [3.63, 3.8) is 0 Å². The molecule has 0 spiro atoms. The van der Waals surface area contributed by atoms with Crippen LogP contribution in [0, 0.1) is 0 Å². The van der Waals surface area contributed by atoms with Gasteiger partial charge in [0.05, 0.1) is 7.11 Å². The fourth-order valence-corrected chi connectivity index (χ4v) is 0.455. The summed E-state index contributed by atoms with van der Waals surface area (Å²) in [4.78, 5) is 0. The minimum atomic E-state index is -3.46. The molecule has 0 aliphatic carbocycles. The van der Waals surface area contributed by atoms with Gasteiger partial charge in [-0.1, -0.05) is 0 Å². The van der Waals surface area contributed by atoms with E-state index in [9.17, 15) is 8.42 Å². The molecule has 0 bridgehead atoms. The third-order valence-electron chi connectivity index (χ3n) is 0.688. The molecule has 50 valence electrons. The molecule has 0 aliphatic rings. The van der Waals surface area contributed by atoms with Crippen LogP contribution in [-0.4, -0.2) is 20.9 Å². The molecular weight excluding hydrogens is 130 g/mol. The van der Waals surface area contributed by atoms with Crippen molar-refractivity contribution in [2.75, 3.05) is 7.11 Å². The van der Waals surface area contributed by atoms with Crippen LogP contribution >= 0.6 is 0 Å². The average molecular weight is 139 g/mol. The van der Waals surface area contributed by atoms with E-state index in [4.69, 9.17) is 5.73 Å². The van der Waals surface area contributed by atoms with Gasteiger partial charge in [-0.3, -0.25) is 4.18 Å². The largest absolute Gasteiger partial charge is 0.313 e. The molecule has 1 unspecified atom stereocenters. The lowest BCUT2D eigenvalue weighted by atomic mass is 10.8. The van der Waals surface area contributed by atoms with Crippen LogP contribution in [0.25, 0.3) is 0 Å². The Kier molecular flexibility index (Phi) is 2.39. The van der Waals surface area contributed by atoms with Gasteiger partial charge in [0.25, 0.3) is 10.1 Å². The number of hydrogen-bond donors (Lipinski definition) is 1. The first-order valence-electron chi connectivity index (χ1n) is 2.05. The maximum Gasteiger partial charge on any atom is 0.282 e. The fraction of sp³-hybridized carbons (Fsp3) is 1.00. The molecule has 0 aromatic carbocycles. The standard InChI is InChI=1S/C3H9NO3S/c1-3(4)8(5,6)7-2/h3H,4H2,1-2H3. The highest BCUT2D eigenvalue weighted by molar-refractivity contribution is 7.87. The van der Waals surface area contributed by atoms with Gasteiger partial charge in [-0.15, -0.1) is 0 Å². The molecule has 5 heteroatoms. The molecule has 0 aliphatic heterocycles. The second-order valence-electron chi connectivity index (χ2n) is 1.36. The molecule has 1 atom stereocenters. The third-order valence-corrected chi connectivity index (χ3v) is 2.06. The van der Waals surface area contributed by atoms with Gasteiger partial charge in [-0.05, 0) is 6.92 Å². The predicted octanol–water partition coefficient (Wildman–Crippen LogP) is -0.733. The van der Waals surface area contributed by atoms with Crippen LogP contribution in [0.5, 0.6) is 0 Å². The first kappa shape index (κ1) is 7.87.